The molecule has 7 nitrogen and oxygen atoms in total. The average molecular weight is 412 g/mol. The van der Waals surface area contributed by atoms with Crippen LogP contribution in [0.15, 0.2) is 53.1 Å². The van der Waals surface area contributed by atoms with Gasteiger partial charge in [0.2, 0.25) is 0 Å². The number of benzene rings is 1. The zero-order valence-electron chi connectivity index (χ0n) is 17.2. The van der Waals surface area contributed by atoms with E-state index in [1.54, 1.807) is 18.0 Å². The van der Waals surface area contributed by atoms with E-state index in [-0.39, 0.29) is 30.7 Å². The summed E-state index contributed by atoms with van der Waals surface area (Å²) in [5, 5.41) is 2.65. The third kappa shape index (κ3) is 5.95. The van der Waals surface area contributed by atoms with Gasteiger partial charge in [0.05, 0.1) is 6.26 Å². The monoisotopic (exact) mass is 412 g/mol. The summed E-state index contributed by atoms with van der Waals surface area (Å²) in [6, 6.07) is 11.7. The highest BCUT2D eigenvalue weighted by atomic mass is 16.5. The largest absolute Gasteiger partial charge is 0.459 e. The molecular formula is C23H28N2O5. The zero-order chi connectivity index (χ0) is 21.3. The van der Waals surface area contributed by atoms with E-state index >= 15 is 0 Å². The van der Waals surface area contributed by atoms with E-state index in [4.69, 9.17) is 9.15 Å². The molecule has 1 aromatic heterocycles. The number of rotatable bonds is 8. The highest BCUT2D eigenvalue weighted by Gasteiger charge is 2.27. The van der Waals surface area contributed by atoms with Crippen molar-refractivity contribution < 1.29 is 23.5 Å². The fourth-order valence-electron chi connectivity index (χ4n) is 3.69. The van der Waals surface area contributed by atoms with Crippen molar-refractivity contribution in [3.8, 4) is 0 Å². The number of carbonyl (C=O) groups is 3. The third-order valence-corrected chi connectivity index (χ3v) is 5.47. The van der Waals surface area contributed by atoms with E-state index in [1.165, 1.54) is 18.8 Å². The van der Waals surface area contributed by atoms with Crippen LogP contribution in [0.5, 0.6) is 0 Å². The Bertz CT molecular complexity index is 829. The van der Waals surface area contributed by atoms with Crippen LogP contribution in [0.1, 0.15) is 48.2 Å². The van der Waals surface area contributed by atoms with Crippen LogP contribution in [0, 0.1) is 0 Å². The molecule has 2 amide bonds. The van der Waals surface area contributed by atoms with Crippen molar-refractivity contribution in [3.63, 3.8) is 0 Å². The fraction of sp³-hybridized carbons (Fsp3) is 0.435. The average Bonchev–Trinajstić information content (AvgIpc) is 3.32. The van der Waals surface area contributed by atoms with Gasteiger partial charge in [-0.15, -0.1) is 0 Å². The Hall–Kier alpha value is -3.09. The van der Waals surface area contributed by atoms with Gasteiger partial charge in [-0.05, 0) is 30.5 Å². The highest BCUT2D eigenvalue weighted by Crippen LogP contribution is 2.21. The maximum Gasteiger partial charge on any atom is 0.329 e. The molecule has 0 radical (unpaired) electrons. The fourth-order valence-corrected chi connectivity index (χ4v) is 3.69. The lowest BCUT2D eigenvalue weighted by molar-refractivity contribution is -0.154. The molecule has 0 unspecified atom stereocenters. The SMILES string of the molecule is CN(C(=O)COC(=O)[C@@H](Cc1ccccc1)NC(=O)c1ccco1)C1CCCCC1. The van der Waals surface area contributed by atoms with Gasteiger partial charge in [0.25, 0.3) is 11.8 Å². The Morgan fingerprint density at radius 3 is 2.50 bits per heavy atom. The van der Waals surface area contributed by atoms with Crippen LogP contribution in [0.25, 0.3) is 0 Å². The first-order valence-electron chi connectivity index (χ1n) is 10.3. The van der Waals surface area contributed by atoms with E-state index in [1.807, 2.05) is 30.3 Å². The second kappa shape index (κ2) is 10.6. The Labute approximate surface area is 176 Å². The van der Waals surface area contributed by atoms with Gasteiger partial charge in [-0.2, -0.15) is 0 Å². The predicted molar refractivity (Wildman–Crippen MR) is 111 cm³/mol. The van der Waals surface area contributed by atoms with Crippen molar-refractivity contribution in [1.29, 1.82) is 0 Å². The maximum atomic E-state index is 12.7. The molecule has 7 heteroatoms. The van der Waals surface area contributed by atoms with E-state index < -0.39 is 17.9 Å². The summed E-state index contributed by atoms with van der Waals surface area (Å²) in [4.78, 5) is 39.3. The van der Waals surface area contributed by atoms with Crippen molar-refractivity contribution in [1.82, 2.24) is 10.2 Å². The molecule has 3 rings (SSSR count). The number of carbonyl (C=O) groups excluding carboxylic acids is 3. The Kier molecular flexibility index (Phi) is 7.65. The van der Waals surface area contributed by atoms with Crippen molar-refractivity contribution in [2.45, 2.75) is 50.6 Å². The van der Waals surface area contributed by atoms with E-state index in [2.05, 4.69) is 5.32 Å². The summed E-state index contributed by atoms with van der Waals surface area (Å²) in [6.45, 7) is -0.340. The van der Waals surface area contributed by atoms with Crippen molar-refractivity contribution in [2.24, 2.45) is 0 Å². The van der Waals surface area contributed by atoms with Gasteiger partial charge in [-0.1, -0.05) is 49.6 Å². The van der Waals surface area contributed by atoms with Crippen LogP contribution >= 0.6 is 0 Å². The summed E-state index contributed by atoms with van der Waals surface area (Å²) < 4.78 is 10.4. The second-order valence-electron chi connectivity index (χ2n) is 7.60. The van der Waals surface area contributed by atoms with Crippen molar-refractivity contribution >= 4 is 17.8 Å². The Balaban J connectivity index is 1.60. The molecule has 1 aliphatic rings. The summed E-state index contributed by atoms with van der Waals surface area (Å²) >= 11 is 0. The van der Waals surface area contributed by atoms with Gasteiger partial charge in [-0.25, -0.2) is 4.79 Å². The number of esters is 1. The van der Waals surface area contributed by atoms with Gasteiger partial charge in [-0.3, -0.25) is 9.59 Å². The van der Waals surface area contributed by atoms with Gasteiger partial charge in [0.15, 0.2) is 12.4 Å². The number of hydrogen-bond acceptors (Lipinski definition) is 5. The van der Waals surface area contributed by atoms with Crippen LogP contribution in [-0.4, -0.2) is 48.4 Å². The number of nitrogens with one attached hydrogen (secondary N) is 1. The number of nitrogens with zero attached hydrogens (tertiary/aromatic N) is 1. The molecule has 1 saturated carbocycles. The van der Waals surface area contributed by atoms with E-state index in [0.29, 0.717) is 0 Å². The van der Waals surface area contributed by atoms with Crippen LogP contribution in [0.4, 0.5) is 0 Å². The smallest absolute Gasteiger partial charge is 0.329 e. The number of hydrogen-bond donors (Lipinski definition) is 1. The van der Waals surface area contributed by atoms with E-state index in [0.717, 1.165) is 31.2 Å². The lowest BCUT2D eigenvalue weighted by Crippen LogP contribution is -2.45. The molecule has 0 saturated heterocycles. The lowest BCUT2D eigenvalue weighted by Gasteiger charge is -2.31. The molecule has 0 spiro atoms. The molecule has 1 aliphatic carbocycles. The molecule has 2 aromatic rings. The Morgan fingerprint density at radius 1 is 1.10 bits per heavy atom. The first-order valence-corrected chi connectivity index (χ1v) is 10.3. The van der Waals surface area contributed by atoms with Crippen molar-refractivity contribution in [2.75, 3.05) is 13.7 Å². The quantitative estimate of drug-likeness (QED) is 0.674. The second-order valence-corrected chi connectivity index (χ2v) is 7.60. The minimum absolute atomic E-state index is 0.106. The molecule has 160 valence electrons. The molecule has 1 N–H and O–H groups in total. The summed E-state index contributed by atoms with van der Waals surface area (Å²) in [5.41, 5.74) is 0.866. The minimum Gasteiger partial charge on any atom is -0.459 e. The molecule has 30 heavy (non-hydrogen) atoms. The number of furan rings is 1. The zero-order valence-corrected chi connectivity index (χ0v) is 17.2. The molecule has 1 heterocycles. The molecule has 0 bridgehead atoms. The number of ether oxygens (including phenoxy) is 1. The molecular weight excluding hydrogens is 384 g/mol. The lowest BCUT2D eigenvalue weighted by atomic mass is 9.94. The standard InChI is InChI=1S/C23H28N2O5/c1-25(18-11-6-3-7-12-18)21(26)16-30-23(28)19(15-17-9-4-2-5-10-17)24-22(27)20-13-8-14-29-20/h2,4-5,8-10,13-14,18-19H,3,6-7,11-12,15-16H2,1H3,(H,24,27)/t19-/m1/s1. The first kappa shape index (κ1) is 21.6. The Morgan fingerprint density at radius 2 is 1.83 bits per heavy atom. The van der Waals surface area contributed by atoms with Crippen LogP contribution < -0.4 is 5.32 Å². The highest BCUT2D eigenvalue weighted by molar-refractivity contribution is 5.94. The van der Waals surface area contributed by atoms with Gasteiger partial charge in [0, 0.05) is 19.5 Å². The molecule has 0 aliphatic heterocycles. The number of amides is 2. The normalized spacial score (nSPS) is 15.2. The maximum absolute atomic E-state index is 12.7. The molecule has 1 aromatic carbocycles. The summed E-state index contributed by atoms with van der Waals surface area (Å²) in [5.74, 6) is -1.28. The predicted octanol–water partition coefficient (Wildman–Crippen LogP) is 2.96. The van der Waals surface area contributed by atoms with Crippen LogP contribution in [0.2, 0.25) is 0 Å². The molecule has 1 atom stereocenters. The van der Waals surface area contributed by atoms with E-state index in [9.17, 15) is 14.4 Å². The van der Waals surface area contributed by atoms with Crippen LogP contribution in [0.3, 0.4) is 0 Å². The minimum atomic E-state index is -0.933. The summed E-state index contributed by atoms with van der Waals surface area (Å²) in [6.07, 6.45) is 7.01. The van der Waals surface area contributed by atoms with Gasteiger partial charge >= 0.3 is 5.97 Å². The van der Waals surface area contributed by atoms with Gasteiger partial charge < -0.3 is 19.4 Å². The third-order valence-electron chi connectivity index (χ3n) is 5.47. The summed E-state index contributed by atoms with van der Waals surface area (Å²) in [7, 11) is 1.76. The van der Waals surface area contributed by atoms with Gasteiger partial charge in [0.1, 0.15) is 6.04 Å². The topological polar surface area (TPSA) is 88.9 Å². The van der Waals surface area contributed by atoms with Crippen LogP contribution in [-0.2, 0) is 20.7 Å². The first-order chi connectivity index (χ1) is 14.5. The number of likely N-dealkylation sites (N-methyl/N-ethyl adjacent to an activating group) is 1. The van der Waals surface area contributed by atoms with Crippen molar-refractivity contribution in [3.05, 3.63) is 60.1 Å². The molecule has 1 fully saturated rings.